The van der Waals surface area contributed by atoms with Gasteiger partial charge in [-0.05, 0) is 18.0 Å². The number of carbonyl (C=O) groups excluding carboxylic acids is 1. The molecule has 0 saturated carbocycles. The van der Waals surface area contributed by atoms with Gasteiger partial charge in [0.1, 0.15) is 11.7 Å². The zero-order valence-electron chi connectivity index (χ0n) is 10.6. The van der Waals surface area contributed by atoms with Crippen LogP contribution in [0.4, 0.5) is 4.39 Å². The molecule has 0 radical (unpaired) electrons. The standard InChI is InChI=1S/C11H13FN4O4/c1-20-11(19)7-4-6(5-14-10(7)12)9(18)8(17)2-3-15-16-13/h4-5,8-9,17-18H,2-3H2,1H3. The number of aromatic nitrogens is 1. The van der Waals surface area contributed by atoms with E-state index in [9.17, 15) is 19.4 Å². The molecule has 0 saturated heterocycles. The van der Waals surface area contributed by atoms with Crippen LogP contribution in [0.2, 0.25) is 0 Å². The number of rotatable bonds is 6. The molecule has 0 spiro atoms. The second kappa shape index (κ2) is 7.39. The maximum Gasteiger partial charge on any atom is 0.342 e. The Kier molecular flexibility index (Phi) is 5.85. The van der Waals surface area contributed by atoms with Gasteiger partial charge in [0.25, 0.3) is 0 Å². The van der Waals surface area contributed by atoms with Crippen molar-refractivity contribution in [3.8, 4) is 0 Å². The zero-order chi connectivity index (χ0) is 15.1. The van der Waals surface area contributed by atoms with Crippen LogP contribution in [0.5, 0.6) is 0 Å². The Morgan fingerprint density at radius 3 is 2.95 bits per heavy atom. The highest BCUT2D eigenvalue weighted by molar-refractivity contribution is 5.89. The summed E-state index contributed by atoms with van der Waals surface area (Å²) in [5.41, 5.74) is 7.72. The van der Waals surface area contributed by atoms with E-state index >= 15 is 0 Å². The Morgan fingerprint density at radius 2 is 2.35 bits per heavy atom. The lowest BCUT2D eigenvalue weighted by molar-refractivity contribution is 0.0146. The van der Waals surface area contributed by atoms with Crippen molar-refractivity contribution in [3.63, 3.8) is 0 Å². The van der Waals surface area contributed by atoms with Crippen molar-refractivity contribution in [1.82, 2.24) is 4.98 Å². The molecule has 0 aliphatic carbocycles. The van der Waals surface area contributed by atoms with Crippen molar-refractivity contribution in [3.05, 3.63) is 39.8 Å². The number of esters is 1. The van der Waals surface area contributed by atoms with E-state index in [0.717, 1.165) is 19.4 Å². The number of aliphatic hydroxyl groups excluding tert-OH is 2. The molecule has 108 valence electrons. The summed E-state index contributed by atoms with van der Waals surface area (Å²) in [7, 11) is 1.08. The predicted molar refractivity (Wildman–Crippen MR) is 65.1 cm³/mol. The van der Waals surface area contributed by atoms with E-state index in [1.54, 1.807) is 0 Å². The molecule has 0 bridgehead atoms. The molecule has 0 aliphatic heterocycles. The topological polar surface area (TPSA) is 128 Å². The Bertz CT molecular complexity index is 533. The summed E-state index contributed by atoms with van der Waals surface area (Å²) >= 11 is 0. The van der Waals surface area contributed by atoms with Gasteiger partial charge in [-0.2, -0.15) is 4.39 Å². The van der Waals surface area contributed by atoms with Crippen molar-refractivity contribution in [2.24, 2.45) is 5.11 Å². The molecule has 0 amide bonds. The minimum Gasteiger partial charge on any atom is -0.465 e. The molecule has 1 rings (SSSR count). The van der Waals surface area contributed by atoms with Crippen molar-refractivity contribution in [2.75, 3.05) is 13.7 Å². The number of carbonyl (C=O) groups is 1. The first kappa shape index (κ1) is 15.8. The fourth-order valence-corrected chi connectivity index (χ4v) is 1.49. The molecule has 2 N–H and O–H groups in total. The van der Waals surface area contributed by atoms with E-state index in [-0.39, 0.29) is 18.5 Å². The van der Waals surface area contributed by atoms with E-state index in [4.69, 9.17) is 5.53 Å². The smallest absolute Gasteiger partial charge is 0.342 e. The van der Waals surface area contributed by atoms with Crippen molar-refractivity contribution >= 4 is 5.97 Å². The maximum absolute atomic E-state index is 13.3. The minimum absolute atomic E-state index is 0.00674. The number of pyridine rings is 1. The predicted octanol–water partition coefficient (Wildman–Crippen LogP) is 1.10. The molecule has 20 heavy (non-hydrogen) atoms. The van der Waals surface area contributed by atoms with Crippen LogP contribution < -0.4 is 0 Å². The van der Waals surface area contributed by atoms with Crippen LogP contribution in [0.15, 0.2) is 17.4 Å². The summed E-state index contributed by atoms with van der Waals surface area (Å²) in [6.45, 7) is -0.00674. The van der Waals surface area contributed by atoms with Crippen LogP contribution in [0.25, 0.3) is 10.4 Å². The summed E-state index contributed by atoms with van der Waals surface area (Å²) < 4.78 is 17.7. The summed E-state index contributed by atoms with van der Waals surface area (Å²) in [6, 6.07) is 1.05. The van der Waals surface area contributed by atoms with E-state index in [0.29, 0.717) is 0 Å². The SMILES string of the molecule is COC(=O)c1cc(C(O)C(O)CCN=[N+]=[N-])cnc1F. The van der Waals surface area contributed by atoms with Crippen molar-refractivity contribution in [1.29, 1.82) is 0 Å². The van der Waals surface area contributed by atoms with E-state index in [2.05, 4.69) is 19.7 Å². The summed E-state index contributed by atoms with van der Waals surface area (Å²) in [5, 5.41) is 22.8. The highest BCUT2D eigenvalue weighted by Gasteiger charge is 2.22. The molecular formula is C11H13FN4O4. The van der Waals surface area contributed by atoms with E-state index in [1.165, 1.54) is 0 Å². The maximum atomic E-state index is 13.3. The first-order chi connectivity index (χ1) is 9.51. The first-order valence-electron chi connectivity index (χ1n) is 5.62. The Hall–Kier alpha value is -2.22. The number of aliphatic hydroxyl groups is 2. The molecule has 1 aromatic heterocycles. The van der Waals surface area contributed by atoms with Crippen LogP contribution in [0.3, 0.4) is 0 Å². The third-order valence-electron chi connectivity index (χ3n) is 2.56. The number of hydrogen-bond acceptors (Lipinski definition) is 6. The summed E-state index contributed by atoms with van der Waals surface area (Å²) in [4.78, 5) is 17.1. The molecule has 2 unspecified atom stereocenters. The van der Waals surface area contributed by atoms with Crippen LogP contribution in [0.1, 0.15) is 28.4 Å². The molecule has 0 aliphatic rings. The average Bonchev–Trinajstić information content (AvgIpc) is 2.46. The fourth-order valence-electron chi connectivity index (χ4n) is 1.49. The number of nitrogens with zero attached hydrogens (tertiary/aromatic N) is 4. The summed E-state index contributed by atoms with van der Waals surface area (Å²) in [5.74, 6) is -1.97. The van der Waals surface area contributed by atoms with E-state index in [1.807, 2.05) is 0 Å². The third-order valence-corrected chi connectivity index (χ3v) is 2.56. The largest absolute Gasteiger partial charge is 0.465 e. The van der Waals surface area contributed by atoms with Crippen LogP contribution >= 0.6 is 0 Å². The molecule has 0 fully saturated rings. The zero-order valence-corrected chi connectivity index (χ0v) is 10.6. The highest BCUT2D eigenvalue weighted by atomic mass is 19.1. The second-order valence-corrected chi connectivity index (χ2v) is 3.85. The molecule has 8 nitrogen and oxygen atoms in total. The molecule has 9 heteroatoms. The van der Waals surface area contributed by atoms with Crippen molar-refractivity contribution < 1.29 is 24.1 Å². The number of ether oxygens (including phenoxy) is 1. The Labute approximate surface area is 113 Å². The first-order valence-corrected chi connectivity index (χ1v) is 5.62. The normalized spacial score (nSPS) is 13.2. The monoisotopic (exact) mass is 284 g/mol. The van der Waals surface area contributed by atoms with Crippen LogP contribution in [-0.2, 0) is 4.74 Å². The van der Waals surface area contributed by atoms with Gasteiger partial charge in [0.15, 0.2) is 0 Å². The minimum atomic E-state index is -1.39. The molecule has 0 aromatic carbocycles. The Balaban J connectivity index is 2.90. The Morgan fingerprint density at radius 1 is 1.65 bits per heavy atom. The van der Waals surface area contributed by atoms with E-state index < -0.39 is 29.7 Å². The van der Waals surface area contributed by atoms with Gasteiger partial charge in [0.05, 0.1) is 13.2 Å². The van der Waals surface area contributed by atoms with Gasteiger partial charge in [0.2, 0.25) is 5.95 Å². The second-order valence-electron chi connectivity index (χ2n) is 3.85. The third kappa shape index (κ3) is 3.89. The fraction of sp³-hybridized carbons (Fsp3) is 0.455. The van der Waals surface area contributed by atoms with Gasteiger partial charge < -0.3 is 14.9 Å². The van der Waals surface area contributed by atoms with Gasteiger partial charge in [-0.1, -0.05) is 5.11 Å². The lowest BCUT2D eigenvalue weighted by Crippen LogP contribution is -2.20. The van der Waals surface area contributed by atoms with Gasteiger partial charge in [0, 0.05) is 23.2 Å². The van der Waals surface area contributed by atoms with Crippen LogP contribution in [-0.4, -0.2) is 40.9 Å². The van der Waals surface area contributed by atoms with Gasteiger partial charge in [-0.3, -0.25) is 0 Å². The molecule has 2 atom stereocenters. The molecule has 1 heterocycles. The number of methoxy groups -OCH3 is 1. The number of azide groups is 1. The number of halogens is 1. The van der Waals surface area contributed by atoms with Crippen molar-refractivity contribution in [2.45, 2.75) is 18.6 Å². The van der Waals surface area contributed by atoms with Gasteiger partial charge >= 0.3 is 5.97 Å². The van der Waals surface area contributed by atoms with Crippen LogP contribution in [0, 0.1) is 5.95 Å². The highest BCUT2D eigenvalue weighted by Crippen LogP contribution is 2.20. The molecule has 1 aromatic rings. The average molecular weight is 284 g/mol. The lowest BCUT2D eigenvalue weighted by Gasteiger charge is -2.17. The molecular weight excluding hydrogens is 271 g/mol. The van der Waals surface area contributed by atoms with Gasteiger partial charge in [-0.25, -0.2) is 9.78 Å². The quantitative estimate of drug-likeness (QED) is 0.266. The number of hydrogen-bond donors (Lipinski definition) is 2. The summed E-state index contributed by atoms with van der Waals surface area (Å²) in [6.07, 6.45) is -1.61. The lowest BCUT2D eigenvalue weighted by atomic mass is 10.0. The van der Waals surface area contributed by atoms with Gasteiger partial charge in [-0.15, -0.1) is 0 Å².